The quantitative estimate of drug-likeness (QED) is 0.311. The van der Waals surface area contributed by atoms with E-state index in [9.17, 15) is 9.59 Å². The maximum atomic E-state index is 12.1. The third kappa shape index (κ3) is 4.06. The van der Waals surface area contributed by atoms with E-state index in [2.05, 4.69) is 5.32 Å². The van der Waals surface area contributed by atoms with E-state index in [0.29, 0.717) is 11.3 Å². The second kappa shape index (κ2) is 7.39. The van der Waals surface area contributed by atoms with Crippen molar-refractivity contribution >= 4 is 17.5 Å². The summed E-state index contributed by atoms with van der Waals surface area (Å²) >= 11 is 0. The molecule has 2 aromatic carbocycles. The minimum absolute atomic E-state index is 0.123. The summed E-state index contributed by atoms with van der Waals surface area (Å²) < 4.78 is 0. The van der Waals surface area contributed by atoms with E-state index in [-0.39, 0.29) is 6.54 Å². The fourth-order valence-corrected chi connectivity index (χ4v) is 2.04. The minimum Gasteiger partial charge on any atom is -0.399 e. The topological polar surface area (TPSA) is 130 Å². The van der Waals surface area contributed by atoms with E-state index in [1.807, 2.05) is 12.1 Å². The number of hydroxylamine groups is 1. The van der Waals surface area contributed by atoms with Gasteiger partial charge in [0.25, 0.3) is 11.8 Å². The average Bonchev–Trinajstić information content (AvgIpc) is 2.59. The lowest BCUT2D eigenvalue weighted by molar-refractivity contribution is -0.130. The van der Waals surface area contributed by atoms with Crippen molar-refractivity contribution in [2.45, 2.75) is 6.04 Å². The number of nitrogen functional groups attached to an aromatic ring is 1. The molecule has 0 spiro atoms. The van der Waals surface area contributed by atoms with Gasteiger partial charge >= 0.3 is 0 Å². The maximum Gasteiger partial charge on any atom is 0.267 e. The van der Waals surface area contributed by atoms with Crippen molar-refractivity contribution in [1.29, 1.82) is 0 Å². The van der Waals surface area contributed by atoms with Gasteiger partial charge in [0.05, 0.1) is 0 Å². The van der Waals surface area contributed by atoms with Crippen LogP contribution in [0.15, 0.2) is 48.5 Å². The Morgan fingerprint density at radius 1 is 1.00 bits per heavy atom. The molecule has 0 bridgehead atoms. The van der Waals surface area contributed by atoms with Crippen LogP contribution in [0.5, 0.6) is 0 Å². The van der Waals surface area contributed by atoms with Crippen LogP contribution in [0.1, 0.15) is 10.4 Å². The number of carbonyl (C=O) groups is 2. The summed E-state index contributed by atoms with van der Waals surface area (Å²) in [4.78, 5) is 23.4. The molecule has 0 aromatic heterocycles. The van der Waals surface area contributed by atoms with Crippen LogP contribution >= 0.6 is 0 Å². The fraction of sp³-hybridized carbons (Fsp3) is 0.125. The van der Waals surface area contributed by atoms with Crippen LogP contribution < -0.4 is 22.3 Å². The van der Waals surface area contributed by atoms with Crippen molar-refractivity contribution in [3.63, 3.8) is 0 Å². The van der Waals surface area contributed by atoms with E-state index in [1.54, 1.807) is 36.4 Å². The van der Waals surface area contributed by atoms with E-state index in [1.165, 1.54) is 5.48 Å². The first-order valence-electron chi connectivity index (χ1n) is 6.96. The van der Waals surface area contributed by atoms with Gasteiger partial charge in [-0.25, -0.2) is 5.48 Å². The highest BCUT2D eigenvalue weighted by Gasteiger charge is 2.19. The molecule has 1 atom stereocenters. The molecule has 0 aliphatic carbocycles. The first-order valence-corrected chi connectivity index (χ1v) is 6.96. The van der Waals surface area contributed by atoms with Gasteiger partial charge in [0.2, 0.25) is 0 Å². The molecule has 2 amide bonds. The molecule has 23 heavy (non-hydrogen) atoms. The van der Waals surface area contributed by atoms with E-state index in [4.69, 9.17) is 16.7 Å². The smallest absolute Gasteiger partial charge is 0.267 e. The zero-order chi connectivity index (χ0) is 16.8. The molecule has 0 aliphatic rings. The summed E-state index contributed by atoms with van der Waals surface area (Å²) in [6.45, 7) is -0.123. The van der Waals surface area contributed by atoms with Crippen LogP contribution in [-0.4, -0.2) is 29.6 Å². The lowest BCUT2D eigenvalue weighted by atomic mass is 10.0. The Morgan fingerprint density at radius 3 is 2.00 bits per heavy atom. The molecule has 0 saturated heterocycles. The summed E-state index contributed by atoms with van der Waals surface area (Å²) in [7, 11) is 0. The highest BCUT2D eigenvalue weighted by Crippen LogP contribution is 2.21. The van der Waals surface area contributed by atoms with Crippen molar-refractivity contribution < 1.29 is 14.8 Å². The molecule has 0 fully saturated rings. The van der Waals surface area contributed by atoms with Gasteiger partial charge in [-0.2, -0.15) is 0 Å². The van der Waals surface area contributed by atoms with E-state index in [0.717, 1.165) is 11.1 Å². The highest BCUT2D eigenvalue weighted by atomic mass is 16.5. The van der Waals surface area contributed by atoms with Crippen molar-refractivity contribution in [3.8, 4) is 11.1 Å². The first-order chi connectivity index (χ1) is 11.0. The van der Waals surface area contributed by atoms with Crippen LogP contribution in [0, 0.1) is 0 Å². The molecule has 120 valence electrons. The van der Waals surface area contributed by atoms with Gasteiger partial charge in [-0.3, -0.25) is 14.8 Å². The zero-order valence-corrected chi connectivity index (χ0v) is 12.3. The number of nitrogens with one attached hydrogen (secondary N) is 2. The number of benzene rings is 2. The summed E-state index contributed by atoms with van der Waals surface area (Å²) in [5.41, 5.74) is 15.5. The Bertz CT molecular complexity index is 683. The molecule has 7 N–H and O–H groups in total. The van der Waals surface area contributed by atoms with Gasteiger partial charge in [0.15, 0.2) is 0 Å². The monoisotopic (exact) mass is 314 g/mol. The Balaban J connectivity index is 2.11. The van der Waals surface area contributed by atoms with E-state index >= 15 is 0 Å². The predicted molar refractivity (Wildman–Crippen MR) is 86.5 cm³/mol. The fourth-order valence-electron chi connectivity index (χ4n) is 2.04. The maximum absolute atomic E-state index is 12.1. The Kier molecular flexibility index (Phi) is 5.29. The lowest BCUT2D eigenvalue weighted by Gasteiger charge is -2.14. The summed E-state index contributed by atoms with van der Waals surface area (Å²) in [5.74, 6) is -1.22. The Morgan fingerprint density at radius 2 is 1.52 bits per heavy atom. The molecule has 0 unspecified atom stereocenters. The van der Waals surface area contributed by atoms with E-state index < -0.39 is 17.9 Å². The van der Waals surface area contributed by atoms with Crippen molar-refractivity contribution in [2.24, 2.45) is 5.73 Å². The van der Waals surface area contributed by atoms with Gasteiger partial charge in [-0.15, -0.1) is 0 Å². The lowest BCUT2D eigenvalue weighted by Crippen LogP contribution is -2.50. The molecule has 7 nitrogen and oxygen atoms in total. The summed E-state index contributed by atoms with van der Waals surface area (Å²) in [5, 5.41) is 11.0. The largest absolute Gasteiger partial charge is 0.399 e. The number of amides is 2. The molecule has 7 heteroatoms. The molecule has 0 heterocycles. The molecule has 2 rings (SSSR count). The van der Waals surface area contributed by atoms with Crippen molar-refractivity contribution in [1.82, 2.24) is 10.8 Å². The summed E-state index contributed by atoms with van der Waals surface area (Å²) in [6.07, 6.45) is 0. The Labute approximate surface area is 133 Å². The average molecular weight is 314 g/mol. The highest BCUT2D eigenvalue weighted by molar-refractivity contribution is 5.97. The number of rotatable bonds is 5. The van der Waals surface area contributed by atoms with Gasteiger partial charge < -0.3 is 16.8 Å². The van der Waals surface area contributed by atoms with Crippen LogP contribution in [0.2, 0.25) is 0 Å². The van der Waals surface area contributed by atoms with Crippen molar-refractivity contribution in [2.75, 3.05) is 12.3 Å². The summed E-state index contributed by atoms with van der Waals surface area (Å²) in [6, 6.07) is 13.3. The minimum atomic E-state index is -0.996. The molecular formula is C16H18N4O3. The number of hydrogen-bond donors (Lipinski definition) is 5. The number of nitrogens with two attached hydrogens (primary N) is 2. The van der Waals surface area contributed by atoms with Crippen LogP contribution in [0.3, 0.4) is 0 Å². The zero-order valence-electron chi connectivity index (χ0n) is 12.3. The van der Waals surface area contributed by atoms with Gasteiger partial charge in [0.1, 0.15) is 6.04 Å². The second-order valence-electron chi connectivity index (χ2n) is 4.94. The third-order valence-corrected chi connectivity index (χ3v) is 3.36. The normalized spacial score (nSPS) is 11.6. The predicted octanol–water partition coefficient (Wildman–Crippen LogP) is 0.498. The van der Waals surface area contributed by atoms with Crippen LogP contribution in [0.25, 0.3) is 11.1 Å². The van der Waals surface area contributed by atoms with Crippen molar-refractivity contribution in [3.05, 3.63) is 54.1 Å². The third-order valence-electron chi connectivity index (χ3n) is 3.36. The molecule has 0 aliphatic heterocycles. The molecule has 0 radical (unpaired) electrons. The van der Waals surface area contributed by atoms with Gasteiger partial charge in [0, 0.05) is 17.8 Å². The molecular weight excluding hydrogens is 296 g/mol. The van der Waals surface area contributed by atoms with Crippen LogP contribution in [-0.2, 0) is 4.79 Å². The number of carbonyl (C=O) groups excluding carboxylic acids is 2. The van der Waals surface area contributed by atoms with Gasteiger partial charge in [-0.05, 0) is 35.4 Å². The van der Waals surface area contributed by atoms with Crippen LogP contribution in [0.4, 0.5) is 5.69 Å². The first kappa shape index (κ1) is 16.5. The number of hydrogen-bond acceptors (Lipinski definition) is 5. The molecule has 2 aromatic rings. The molecule has 0 saturated carbocycles. The number of anilines is 1. The SMILES string of the molecule is NC[C@H](NC(=O)c1ccc(-c2ccc(N)cc2)cc1)C(=O)NO. The second-order valence-corrected chi connectivity index (χ2v) is 4.94. The Hall–Kier alpha value is -2.90. The van der Waals surface area contributed by atoms with Gasteiger partial charge in [-0.1, -0.05) is 24.3 Å². The standard InChI is InChI=1S/C16H18N4O3/c17-9-14(16(22)20-23)19-15(21)12-3-1-10(2-4-12)11-5-7-13(18)8-6-11/h1-8,14,23H,9,17-18H2,(H,19,21)(H,20,22)/t14-/m0/s1.